The van der Waals surface area contributed by atoms with Crippen molar-refractivity contribution in [3.05, 3.63) is 290 Å². The standard InChI is InChI=1S/C105H120N4O6/c1-11-17-21-23-71-105(72-24-22-18-12-2)103-73-93(108(91-51-65-99(66-52-91)114-75-77(15-5)25-19-13-3)85-39-31-81(32-40-85)79-27-35-83(36-28-79)106(87-43-57-95(110-7)58-44-87)88-45-59-96(111-8)60-46-88)55-69-101(103)102-70-56-94(74-104(102)105)109(92-53-67-100(68-54-92)115-76-78(16-6)26-20-14-4)86-41-33-82(34-42-86)80-29-37-84(38-30-80)107(89-47-61-97(112-9)62-48-89)90-49-63-98(113-10)64-50-90/h27-67,69-70,73-74,77-78,100H,11-26,68,71-72,75-76H2,1-10H3. The summed E-state index contributed by atoms with van der Waals surface area (Å²) >= 11 is 0. The van der Waals surface area contributed by atoms with E-state index in [0.29, 0.717) is 11.8 Å². The Morgan fingerprint density at radius 2 is 0.626 bits per heavy atom. The molecule has 0 fully saturated rings. The second-order valence-corrected chi connectivity index (χ2v) is 31.2. The number of methoxy groups -OCH3 is 4. The molecule has 0 heterocycles. The average molecular weight is 1530 g/mol. The van der Waals surface area contributed by atoms with Crippen molar-refractivity contribution in [2.75, 3.05) is 61.3 Å². The van der Waals surface area contributed by atoms with E-state index in [0.717, 1.165) is 177 Å². The van der Waals surface area contributed by atoms with E-state index in [1.165, 1.54) is 99.3 Å². The largest absolute Gasteiger partial charge is 0.497 e. The SMILES string of the molecule is CCCCCCC1(CCCCCC)c2cc(N(C3=CCC(OCC(CC)CCCC)C=C3)c3ccc(-c4ccc(N(c5ccc(OC)cc5)c5ccc(OC)cc5)cc4)cc3)ccc2-c2ccc(N(c3ccc(OCC(CC)CCCC)cc3)c3ccc(-c4ccc(N(c5ccc(OC)cc5)c5ccc(OC)cc5)cc4)cc3)cc21. The van der Waals surface area contributed by atoms with E-state index >= 15 is 0 Å². The third-order valence-corrected chi connectivity index (χ3v) is 23.8. The third kappa shape index (κ3) is 19.7. The van der Waals surface area contributed by atoms with Gasteiger partial charge in [-0.1, -0.05) is 204 Å². The summed E-state index contributed by atoms with van der Waals surface area (Å²) in [4.78, 5) is 9.54. The maximum atomic E-state index is 6.77. The molecule has 10 nitrogen and oxygen atoms in total. The van der Waals surface area contributed by atoms with Crippen LogP contribution in [0.4, 0.5) is 62.6 Å². The minimum Gasteiger partial charge on any atom is -0.497 e. The van der Waals surface area contributed by atoms with E-state index in [2.05, 4.69) is 286 Å². The van der Waals surface area contributed by atoms with Gasteiger partial charge in [-0.3, -0.25) is 0 Å². The second-order valence-electron chi connectivity index (χ2n) is 31.2. The number of unbranched alkanes of at least 4 members (excludes halogenated alkanes) is 8. The van der Waals surface area contributed by atoms with Gasteiger partial charge in [-0.25, -0.2) is 0 Å². The molecule has 0 spiro atoms. The highest BCUT2D eigenvalue weighted by Gasteiger charge is 2.43. The van der Waals surface area contributed by atoms with Gasteiger partial charge in [0.25, 0.3) is 0 Å². The zero-order valence-electron chi connectivity index (χ0n) is 69.8. The van der Waals surface area contributed by atoms with Gasteiger partial charge >= 0.3 is 0 Å². The fourth-order valence-electron chi connectivity index (χ4n) is 16.9. The molecule has 11 aromatic carbocycles. The maximum Gasteiger partial charge on any atom is 0.119 e. The molecule has 13 rings (SSSR count). The van der Waals surface area contributed by atoms with Crippen molar-refractivity contribution in [1.29, 1.82) is 0 Å². The number of nitrogens with zero attached hydrogens (tertiary/aromatic N) is 4. The Kier molecular flexibility index (Phi) is 28.8. The summed E-state index contributed by atoms with van der Waals surface area (Å²) in [6, 6.07) is 93.0. The molecule has 0 saturated carbocycles. The van der Waals surface area contributed by atoms with Crippen molar-refractivity contribution < 1.29 is 28.4 Å². The minimum atomic E-state index is -0.261. The third-order valence-electron chi connectivity index (χ3n) is 23.8. The highest BCUT2D eigenvalue weighted by molar-refractivity contribution is 5.89. The Morgan fingerprint density at radius 1 is 0.322 bits per heavy atom. The lowest BCUT2D eigenvalue weighted by atomic mass is 9.70. The first-order valence-electron chi connectivity index (χ1n) is 42.7. The van der Waals surface area contributed by atoms with Gasteiger partial charge in [0, 0.05) is 73.7 Å². The summed E-state index contributed by atoms with van der Waals surface area (Å²) in [7, 11) is 6.82. The number of hydrogen-bond donors (Lipinski definition) is 0. The molecule has 10 heteroatoms. The number of anilines is 11. The normalized spacial score (nSPS) is 13.8. The quantitative estimate of drug-likeness (QED) is 0.0346. The van der Waals surface area contributed by atoms with Crippen LogP contribution in [0.15, 0.2) is 279 Å². The number of fused-ring (bicyclic) bond motifs is 3. The van der Waals surface area contributed by atoms with Gasteiger partial charge in [0.2, 0.25) is 0 Å². The molecule has 0 saturated heterocycles. The van der Waals surface area contributed by atoms with Gasteiger partial charge in [0.05, 0.1) is 47.8 Å². The molecule has 0 bridgehead atoms. The Labute approximate surface area is 687 Å². The van der Waals surface area contributed by atoms with Crippen molar-refractivity contribution in [2.45, 2.75) is 175 Å². The number of allylic oxidation sites excluding steroid dienone is 1. The molecule has 2 aliphatic carbocycles. The zero-order chi connectivity index (χ0) is 79.9. The van der Waals surface area contributed by atoms with Gasteiger partial charge in [0.1, 0.15) is 28.7 Å². The highest BCUT2D eigenvalue weighted by atomic mass is 16.5. The monoisotopic (exact) mass is 1530 g/mol. The minimum absolute atomic E-state index is 0.0187. The smallest absolute Gasteiger partial charge is 0.119 e. The molecule has 0 amide bonds. The van der Waals surface area contributed by atoms with Crippen LogP contribution in [0.5, 0.6) is 28.7 Å². The number of rotatable bonds is 42. The molecule has 2 aliphatic rings. The molecule has 0 N–H and O–H groups in total. The van der Waals surface area contributed by atoms with Crippen LogP contribution in [0, 0.1) is 11.8 Å². The van der Waals surface area contributed by atoms with Crippen LogP contribution in [0.1, 0.15) is 175 Å². The molecule has 0 aliphatic heterocycles. The molecule has 0 radical (unpaired) electrons. The second kappa shape index (κ2) is 40.4. The lowest BCUT2D eigenvalue weighted by Gasteiger charge is -2.35. The fraction of sp³-hybridized carbons (Fsp3) is 0.333. The van der Waals surface area contributed by atoms with E-state index in [1.807, 2.05) is 48.5 Å². The first kappa shape index (κ1) is 82.1. The Balaban J connectivity index is 0.880. The molecular formula is C105H120N4O6. The average Bonchev–Trinajstić information content (AvgIpc) is 1.56. The summed E-state index contributed by atoms with van der Waals surface area (Å²) in [6.45, 7) is 15.3. The molecule has 11 aromatic rings. The van der Waals surface area contributed by atoms with Gasteiger partial charge in [-0.2, -0.15) is 0 Å². The number of ether oxygens (including phenoxy) is 6. The highest BCUT2D eigenvalue weighted by Crippen LogP contribution is 2.57. The molecule has 3 atom stereocenters. The Morgan fingerprint density at radius 3 is 0.948 bits per heavy atom. The molecule has 115 heavy (non-hydrogen) atoms. The lowest BCUT2D eigenvalue weighted by Crippen LogP contribution is -2.27. The number of hydrogen-bond acceptors (Lipinski definition) is 10. The summed E-state index contributed by atoms with van der Waals surface area (Å²) < 4.78 is 35.7. The zero-order valence-corrected chi connectivity index (χ0v) is 69.8. The summed E-state index contributed by atoms with van der Waals surface area (Å²) in [5, 5.41) is 0. The molecular weight excluding hydrogens is 1410 g/mol. The van der Waals surface area contributed by atoms with E-state index in [-0.39, 0.29) is 11.5 Å². The van der Waals surface area contributed by atoms with E-state index in [9.17, 15) is 0 Å². The van der Waals surface area contributed by atoms with Crippen molar-refractivity contribution in [1.82, 2.24) is 0 Å². The fourth-order valence-corrected chi connectivity index (χ4v) is 16.9. The predicted octanol–water partition coefficient (Wildman–Crippen LogP) is 29.9. The summed E-state index contributed by atoms with van der Waals surface area (Å²) in [6.07, 6.45) is 28.9. The van der Waals surface area contributed by atoms with Crippen molar-refractivity contribution in [2.24, 2.45) is 11.8 Å². The Bertz CT molecular complexity index is 4780. The van der Waals surface area contributed by atoms with E-state index in [4.69, 9.17) is 28.4 Å². The first-order chi connectivity index (χ1) is 56.5. The lowest BCUT2D eigenvalue weighted by molar-refractivity contribution is 0.0538. The van der Waals surface area contributed by atoms with Gasteiger partial charge in [-0.15, -0.1) is 0 Å². The van der Waals surface area contributed by atoms with Crippen LogP contribution < -0.4 is 43.3 Å². The van der Waals surface area contributed by atoms with E-state index < -0.39 is 0 Å². The maximum absolute atomic E-state index is 6.77. The summed E-state index contributed by atoms with van der Waals surface area (Å²) in [5.74, 6) is 5.24. The first-order valence-corrected chi connectivity index (χ1v) is 42.7. The van der Waals surface area contributed by atoms with Crippen molar-refractivity contribution in [3.8, 4) is 62.1 Å². The Hall–Kier alpha value is -10.9. The van der Waals surface area contributed by atoms with Gasteiger partial charge in [-0.05, 0) is 289 Å². The van der Waals surface area contributed by atoms with Crippen LogP contribution in [0.3, 0.4) is 0 Å². The van der Waals surface area contributed by atoms with Crippen LogP contribution in [-0.4, -0.2) is 47.8 Å². The van der Waals surface area contributed by atoms with Crippen LogP contribution in [0.2, 0.25) is 0 Å². The van der Waals surface area contributed by atoms with Crippen molar-refractivity contribution >= 4 is 62.6 Å². The van der Waals surface area contributed by atoms with Crippen LogP contribution in [0.25, 0.3) is 33.4 Å². The molecule has 596 valence electrons. The van der Waals surface area contributed by atoms with Crippen molar-refractivity contribution in [3.63, 3.8) is 0 Å². The van der Waals surface area contributed by atoms with Crippen LogP contribution >= 0.6 is 0 Å². The summed E-state index contributed by atoms with van der Waals surface area (Å²) in [5.41, 5.74) is 22.8. The molecule has 3 unspecified atom stereocenters. The number of benzene rings is 11. The topological polar surface area (TPSA) is 68.3 Å². The predicted molar refractivity (Wildman–Crippen MR) is 484 cm³/mol. The van der Waals surface area contributed by atoms with Gasteiger partial charge in [0.15, 0.2) is 0 Å². The molecule has 0 aromatic heterocycles. The van der Waals surface area contributed by atoms with Crippen LogP contribution in [-0.2, 0) is 10.2 Å². The van der Waals surface area contributed by atoms with E-state index in [1.54, 1.807) is 28.4 Å². The van der Waals surface area contributed by atoms with Gasteiger partial charge < -0.3 is 48.0 Å².